The molecule has 5 atom stereocenters. The number of aliphatic hydroxyl groups is 1. The smallest absolute Gasteiger partial charge is 0.462 e. The largest absolute Gasteiger partial charge is 0.472 e. The summed E-state index contributed by atoms with van der Waals surface area (Å²) in [7, 11) is -9.90. The molecule has 0 saturated heterocycles. The van der Waals surface area contributed by atoms with E-state index in [1.54, 1.807) is 0 Å². The van der Waals surface area contributed by atoms with E-state index in [1.165, 1.54) is 167 Å². The van der Waals surface area contributed by atoms with E-state index in [0.29, 0.717) is 37.5 Å². The van der Waals surface area contributed by atoms with Crippen LogP contribution in [0.15, 0.2) is 0 Å². The highest BCUT2D eigenvalue weighted by molar-refractivity contribution is 7.47. The summed E-state index contributed by atoms with van der Waals surface area (Å²) in [5.41, 5.74) is 0. The molecule has 0 aliphatic heterocycles. The minimum absolute atomic E-state index is 0.102. The minimum Gasteiger partial charge on any atom is -0.462 e. The van der Waals surface area contributed by atoms with E-state index in [1.807, 2.05) is 0 Å². The van der Waals surface area contributed by atoms with Crippen molar-refractivity contribution >= 4 is 39.5 Å². The summed E-state index contributed by atoms with van der Waals surface area (Å²) in [5, 5.41) is 10.6. The molecule has 0 radical (unpaired) electrons. The molecule has 0 aromatic rings. The number of carbonyl (C=O) groups excluding carboxylic acids is 4. The lowest BCUT2D eigenvalue weighted by Gasteiger charge is -2.21. The Hall–Kier alpha value is -1.94. The summed E-state index contributed by atoms with van der Waals surface area (Å²) in [6.45, 7) is 14.0. The van der Waals surface area contributed by atoms with Crippen LogP contribution in [0.1, 0.15) is 370 Å². The molecule has 0 aliphatic carbocycles. The van der Waals surface area contributed by atoms with Gasteiger partial charge in [-0.25, -0.2) is 9.13 Å². The number of rotatable bonds is 71. The number of phosphoric ester groups is 2. The van der Waals surface area contributed by atoms with E-state index in [2.05, 4.69) is 55.4 Å². The zero-order valence-electron chi connectivity index (χ0n) is 60.9. The number of hydrogen-bond acceptors (Lipinski definition) is 15. The fraction of sp³-hybridized carbons (Fsp3) is 0.946. The fourth-order valence-corrected chi connectivity index (χ4v) is 12.8. The first-order valence-corrected chi connectivity index (χ1v) is 41.2. The first-order chi connectivity index (χ1) is 44.6. The standard InChI is InChI=1S/C74H144O17P2/c1-64(2)50-42-34-26-22-18-15-13-11-9-10-12-14-16-20-24-28-38-46-54-71(76)84-60-70(91-74(79)57-49-41-33-31-37-45-53-67(7)8)63-89-93(82,83)87-59-68(75)58-86-92(80,81)88-62-69(61-85-72(77)55-47-39-32-30-36-44-52-66(5)6)90-73(78)56-48-40-29-25-21-17-19-23-27-35-43-51-65(3)4/h64-70,75H,9-63H2,1-8H3,(H,80,81)(H,82,83)/t68-,69+,70+/m0/s1. The van der Waals surface area contributed by atoms with Crippen LogP contribution in [0.4, 0.5) is 0 Å². The number of esters is 4. The van der Waals surface area contributed by atoms with Crippen molar-refractivity contribution in [3.8, 4) is 0 Å². The van der Waals surface area contributed by atoms with Gasteiger partial charge in [0, 0.05) is 25.7 Å². The summed E-state index contributed by atoms with van der Waals surface area (Å²) in [5.74, 6) is 0.806. The predicted octanol–water partition coefficient (Wildman–Crippen LogP) is 21.3. The van der Waals surface area contributed by atoms with Crippen molar-refractivity contribution in [1.82, 2.24) is 0 Å². The molecular formula is C74H144O17P2. The lowest BCUT2D eigenvalue weighted by Crippen LogP contribution is -2.30. The van der Waals surface area contributed by atoms with Crippen molar-refractivity contribution in [2.24, 2.45) is 23.7 Å². The van der Waals surface area contributed by atoms with E-state index in [-0.39, 0.29) is 25.7 Å². The zero-order chi connectivity index (χ0) is 68.9. The minimum atomic E-state index is -4.95. The maximum Gasteiger partial charge on any atom is 0.472 e. The van der Waals surface area contributed by atoms with E-state index >= 15 is 0 Å². The van der Waals surface area contributed by atoms with Gasteiger partial charge in [0.1, 0.15) is 19.3 Å². The number of carbonyl (C=O) groups is 4. The Morgan fingerprint density at radius 2 is 0.452 bits per heavy atom. The van der Waals surface area contributed by atoms with E-state index in [9.17, 15) is 43.2 Å². The second-order valence-electron chi connectivity index (χ2n) is 28.6. The van der Waals surface area contributed by atoms with E-state index in [0.717, 1.165) is 108 Å². The summed E-state index contributed by atoms with van der Waals surface area (Å²) >= 11 is 0. The van der Waals surface area contributed by atoms with Crippen molar-refractivity contribution in [1.29, 1.82) is 0 Å². The van der Waals surface area contributed by atoms with Gasteiger partial charge in [0.05, 0.1) is 26.4 Å². The third-order valence-corrected chi connectivity index (χ3v) is 19.0. The molecule has 0 bridgehead atoms. The Morgan fingerprint density at radius 3 is 0.667 bits per heavy atom. The second-order valence-corrected chi connectivity index (χ2v) is 31.5. The lowest BCUT2D eigenvalue weighted by atomic mass is 10.0. The monoisotopic (exact) mass is 1370 g/mol. The molecule has 552 valence electrons. The summed E-state index contributed by atoms with van der Waals surface area (Å²) in [6, 6.07) is 0. The Kier molecular flexibility index (Phi) is 62.2. The Morgan fingerprint density at radius 1 is 0.269 bits per heavy atom. The third-order valence-electron chi connectivity index (χ3n) is 17.1. The maximum atomic E-state index is 13.0. The van der Waals surface area contributed by atoms with Gasteiger partial charge in [0.2, 0.25) is 0 Å². The van der Waals surface area contributed by atoms with E-state index in [4.69, 9.17) is 37.0 Å². The van der Waals surface area contributed by atoms with Crippen LogP contribution in [0.5, 0.6) is 0 Å². The van der Waals surface area contributed by atoms with Gasteiger partial charge in [0.25, 0.3) is 0 Å². The highest BCUT2D eigenvalue weighted by atomic mass is 31.2. The molecule has 0 rings (SSSR count). The van der Waals surface area contributed by atoms with Crippen LogP contribution < -0.4 is 0 Å². The van der Waals surface area contributed by atoms with Gasteiger partial charge in [-0.05, 0) is 49.4 Å². The molecule has 0 aromatic carbocycles. The first-order valence-electron chi connectivity index (χ1n) is 38.2. The molecular weight excluding hydrogens is 1220 g/mol. The van der Waals surface area contributed by atoms with Crippen LogP contribution in [0, 0.1) is 23.7 Å². The Labute approximate surface area is 568 Å². The number of phosphoric acid groups is 2. The van der Waals surface area contributed by atoms with Gasteiger partial charge in [0.15, 0.2) is 12.2 Å². The predicted molar refractivity (Wildman–Crippen MR) is 377 cm³/mol. The normalized spacial score (nSPS) is 14.2. The quantitative estimate of drug-likeness (QED) is 0.0222. The third kappa shape index (κ3) is 68.4. The Balaban J connectivity index is 5.11. The van der Waals surface area contributed by atoms with Gasteiger partial charge < -0.3 is 33.8 Å². The van der Waals surface area contributed by atoms with E-state index < -0.39 is 97.5 Å². The molecule has 0 aromatic heterocycles. The van der Waals surface area contributed by atoms with Gasteiger partial charge in [-0.2, -0.15) is 0 Å². The number of aliphatic hydroxyl groups excluding tert-OH is 1. The maximum absolute atomic E-state index is 13.0. The molecule has 0 saturated carbocycles. The first kappa shape index (κ1) is 91.1. The van der Waals surface area contributed by atoms with Crippen molar-refractivity contribution in [3.05, 3.63) is 0 Å². The van der Waals surface area contributed by atoms with Crippen LogP contribution >= 0.6 is 15.6 Å². The van der Waals surface area contributed by atoms with Crippen molar-refractivity contribution in [2.45, 2.75) is 388 Å². The molecule has 0 spiro atoms. The SMILES string of the molecule is CC(C)CCCCCCCCCCCCCCCCCCCCC(=O)OC[C@H](COP(=O)(O)OC[C@@H](O)COP(=O)(O)OC[C@@H](COC(=O)CCCCCCCCC(C)C)OC(=O)CCCCCCCCCCCCCC(C)C)OC(=O)CCCCCCCCC(C)C. The highest BCUT2D eigenvalue weighted by Crippen LogP contribution is 2.45. The molecule has 0 heterocycles. The molecule has 0 fully saturated rings. The fourth-order valence-electron chi connectivity index (χ4n) is 11.2. The van der Waals surface area contributed by atoms with Crippen molar-refractivity contribution in [3.63, 3.8) is 0 Å². The summed E-state index contributed by atoms with van der Waals surface area (Å²) in [4.78, 5) is 72.6. The summed E-state index contributed by atoms with van der Waals surface area (Å²) in [6.07, 6.45) is 47.7. The molecule has 2 unspecified atom stereocenters. The van der Waals surface area contributed by atoms with Gasteiger partial charge in [-0.3, -0.25) is 37.3 Å². The van der Waals surface area contributed by atoms with Crippen LogP contribution in [0.3, 0.4) is 0 Å². The number of hydrogen-bond donors (Lipinski definition) is 3. The summed E-state index contributed by atoms with van der Waals surface area (Å²) < 4.78 is 68.3. The molecule has 93 heavy (non-hydrogen) atoms. The van der Waals surface area contributed by atoms with Gasteiger partial charge in [-0.1, -0.05) is 319 Å². The molecule has 3 N–H and O–H groups in total. The number of ether oxygens (including phenoxy) is 4. The van der Waals surface area contributed by atoms with Crippen LogP contribution in [0.2, 0.25) is 0 Å². The molecule has 0 amide bonds. The lowest BCUT2D eigenvalue weighted by molar-refractivity contribution is -0.161. The Bertz CT molecular complexity index is 1830. The average Bonchev–Trinajstić information content (AvgIpc) is 1.61. The zero-order valence-corrected chi connectivity index (χ0v) is 62.7. The molecule has 19 heteroatoms. The van der Waals surface area contributed by atoms with Gasteiger partial charge >= 0.3 is 39.5 Å². The van der Waals surface area contributed by atoms with Crippen LogP contribution in [-0.4, -0.2) is 96.7 Å². The highest BCUT2D eigenvalue weighted by Gasteiger charge is 2.30. The average molecular weight is 1370 g/mol. The van der Waals surface area contributed by atoms with Crippen molar-refractivity contribution < 1.29 is 80.2 Å². The topological polar surface area (TPSA) is 237 Å². The molecule has 17 nitrogen and oxygen atoms in total. The van der Waals surface area contributed by atoms with Crippen LogP contribution in [0.25, 0.3) is 0 Å². The number of unbranched alkanes of at least 4 members (excludes halogenated alkanes) is 37. The molecule has 0 aliphatic rings. The van der Waals surface area contributed by atoms with Gasteiger partial charge in [-0.15, -0.1) is 0 Å². The van der Waals surface area contributed by atoms with Crippen molar-refractivity contribution in [2.75, 3.05) is 39.6 Å². The second kappa shape index (κ2) is 63.5. The van der Waals surface area contributed by atoms with Crippen LogP contribution in [-0.2, 0) is 65.4 Å².